The Morgan fingerprint density at radius 1 is 1.03 bits per heavy atom. The molecule has 0 radical (unpaired) electrons. The molecule has 31 heavy (non-hydrogen) atoms. The van der Waals surface area contributed by atoms with Crippen molar-refractivity contribution in [2.24, 2.45) is 5.92 Å². The molecule has 0 N–H and O–H groups in total. The van der Waals surface area contributed by atoms with Gasteiger partial charge in [-0.2, -0.15) is 0 Å². The summed E-state index contributed by atoms with van der Waals surface area (Å²) in [6.07, 6.45) is 8.56. The van der Waals surface area contributed by atoms with Crippen molar-refractivity contribution in [3.63, 3.8) is 0 Å². The van der Waals surface area contributed by atoms with Crippen molar-refractivity contribution >= 4 is 22.6 Å². The summed E-state index contributed by atoms with van der Waals surface area (Å²) in [5.74, 6) is 2.98. The number of aryl methyl sites for hydroxylation is 1. The Morgan fingerprint density at radius 3 is 2.58 bits per heavy atom. The fraction of sp³-hybridized carbons (Fsp3) is 0.462. The third-order valence-electron chi connectivity index (χ3n) is 7.04. The normalized spacial score (nSPS) is 20.0. The number of benzene rings is 2. The lowest BCUT2D eigenvalue weighted by Gasteiger charge is -2.23. The number of imidazole rings is 1. The zero-order valence-corrected chi connectivity index (χ0v) is 18.3. The van der Waals surface area contributed by atoms with Gasteiger partial charge in [-0.15, -0.1) is 0 Å². The summed E-state index contributed by atoms with van der Waals surface area (Å²) in [5.41, 5.74) is 3.17. The number of methoxy groups -OCH3 is 1. The minimum atomic E-state index is 0.119. The van der Waals surface area contributed by atoms with Gasteiger partial charge in [0, 0.05) is 31.1 Å². The third kappa shape index (κ3) is 4.06. The Kier molecular flexibility index (Phi) is 5.66. The molecule has 5 rings (SSSR count). The van der Waals surface area contributed by atoms with Crippen molar-refractivity contribution in [3.8, 4) is 5.75 Å². The van der Waals surface area contributed by atoms with Crippen molar-refractivity contribution in [1.29, 1.82) is 0 Å². The van der Waals surface area contributed by atoms with E-state index in [1.165, 1.54) is 44.0 Å². The quantitative estimate of drug-likeness (QED) is 0.529. The molecule has 1 atom stereocenters. The second-order valence-electron chi connectivity index (χ2n) is 9.01. The minimum Gasteiger partial charge on any atom is -0.497 e. The second-order valence-corrected chi connectivity index (χ2v) is 9.01. The van der Waals surface area contributed by atoms with Crippen LogP contribution in [-0.4, -0.2) is 29.1 Å². The minimum absolute atomic E-state index is 0.119. The molecule has 1 aliphatic carbocycles. The van der Waals surface area contributed by atoms with Gasteiger partial charge in [-0.3, -0.25) is 4.79 Å². The maximum Gasteiger partial charge on any atom is 0.227 e. The molecule has 5 nitrogen and oxygen atoms in total. The van der Waals surface area contributed by atoms with Crippen molar-refractivity contribution in [1.82, 2.24) is 9.55 Å². The monoisotopic (exact) mass is 417 g/mol. The van der Waals surface area contributed by atoms with Gasteiger partial charge in [-0.05, 0) is 48.7 Å². The van der Waals surface area contributed by atoms with E-state index in [0.717, 1.165) is 35.2 Å². The largest absolute Gasteiger partial charge is 0.497 e. The van der Waals surface area contributed by atoms with Crippen LogP contribution in [0.1, 0.15) is 56.7 Å². The van der Waals surface area contributed by atoms with Gasteiger partial charge in [0.2, 0.25) is 5.91 Å². The molecule has 1 saturated heterocycles. The Labute approximate surface area is 184 Å². The molecule has 1 aromatic heterocycles. The molecule has 162 valence electrons. The molecule has 2 aliphatic rings. The Bertz CT molecular complexity index is 1050. The highest BCUT2D eigenvalue weighted by Gasteiger charge is 2.35. The van der Waals surface area contributed by atoms with E-state index in [2.05, 4.69) is 22.8 Å². The number of para-hydroxylation sites is 2. The lowest BCUT2D eigenvalue weighted by Crippen LogP contribution is -2.24. The number of aromatic nitrogens is 2. The smallest absolute Gasteiger partial charge is 0.227 e. The number of amides is 1. The van der Waals surface area contributed by atoms with Crippen LogP contribution in [-0.2, 0) is 11.3 Å². The van der Waals surface area contributed by atoms with Crippen LogP contribution >= 0.6 is 0 Å². The van der Waals surface area contributed by atoms with Gasteiger partial charge in [0.05, 0.1) is 18.1 Å². The van der Waals surface area contributed by atoms with E-state index >= 15 is 0 Å². The maximum atomic E-state index is 12.9. The van der Waals surface area contributed by atoms with Crippen LogP contribution < -0.4 is 9.64 Å². The third-order valence-corrected chi connectivity index (χ3v) is 7.04. The van der Waals surface area contributed by atoms with Gasteiger partial charge in [0.15, 0.2) is 0 Å². The first-order valence-corrected chi connectivity index (χ1v) is 11.6. The van der Waals surface area contributed by atoms with Gasteiger partial charge in [-0.1, -0.05) is 44.2 Å². The van der Waals surface area contributed by atoms with Crippen LogP contribution in [0, 0.1) is 5.92 Å². The molecule has 2 heterocycles. The summed E-state index contributed by atoms with van der Waals surface area (Å²) >= 11 is 0. The molecule has 2 aromatic carbocycles. The van der Waals surface area contributed by atoms with Crippen LogP contribution in [0.4, 0.5) is 5.69 Å². The number of nitrogens with zero attached hydrogens (tertiary/aromatic N) is 3. The van der Waals surface area contributed by atoms with Gasteiger partial charge in [0.1, 0.15) is 11.6 Å². The van der Waals surface area contributed by atoms with Crippen molar-refractivity contribution in [3.05, 3.63) is 54.4 Å². The molecule has 0 unspecified atom stereocenters. The van der Waals surface area contributed by atoms with E-state index in [9.17, 15) is 4.79 Å². The number of rotatable bonds is 6. The van der Waals surface area contributed by atoms with Gasteiger partial charge >= 0.3 is 0 Å². The van der Waals surface area contributed by atoms with E-state index in [4.69, 9.17) is 9.72 Å². The van der Waals surface area contributed by atoms with Crippen molar-refractivity contribution < 1.29 is 9.53 Å². The predicted octanol–water partition coefficient (Wildman–Crippen LogP) is 5.54. The number of carbonyl (C=O) groups is 1. The molecule has 2 fully saturated rings. The summed E-state index contributed by atoms with van der Waals surface area (Å²) in [4.78, 5) is 19.8. The average molecular weight is 418 g/mol. The Morgan fingerprint density at radius 2 is 1.81 bits per heavy atom. The number of ether oxygens (including phenoxy) is 1. The lowest BCUT2D eigenvalue weighted by molar-refractivity contribution is -0.117. The molecule has 0 bridgehead atoms. The van der Waals surface area contributed by atoms with Gasteiger partial charge < -0.3 is 14.2 Å². The summed E-state index contributed by atoms with van der Waals surface area (Å²) in [7, 11) is 1.66. The molecule has 5 heteroatoms. The Balaban J connectivity index is 1.40. The second kappa shape index (κ2) is 8.74. The summed E-state index contributed by atoms with van der Waals surface area (Å²) in [6, 6.07) is 16.2. The Hall–Kier alpha value is -2.82. The number of anilines is 1. The molecular formula is C26H31N3O2. The first kappa shape index (κ1) is 20.1. The first-order chi connectivity index (χ1) is 15.2. The fourth-order valence-electron chi connectivity index (χ4n) is 5.32. The van der Waals surface area contributed by atoms with Crippen LogP contribution in [0.2, 0.25) is 0 Å². The SMILES string of the molecule is COc1ccc(N2C[C@@H](c3nc4ccccc4n3CCC3CCCCC3)CC2=O)cc1. The number of hydrogen-bond donors (Lipinski definition) is 0. The summed E-state index contributed by atoms with van der Waals surface area (Å²) < 4.78 is 7.66. The number of fused-ring (bicyclic) bond motifs is 1. The number of carbonyl (C=O) groups excluding carboxylic acids is 1. The summed E-state index contributed by atoms with van der Waals surface area (Å²) in [6.45, 7) is 1.67. The highest BCUT2D eigenvalue weighted by molar-refractivity contribution is 5.96. The van der Waals surface area contributed by atoms with E-state index in [0.29, 0.717) is 13.0 Å². The number of hydrogen-bond acceptors (Lipinski definition) is 3. The topological polar surface area (TPSA) is 47.4 Å². The molecule has 1 aliphatic heterocycles. The molecular weight excluding hydrogens is 386 g/mol. The van der Waals surface area contributed by atoms with E-state index in [-0.39, 0.29) is 11.8 Å². The highest BCUT2D eigenvalue weighted by atomic mass is 16.5. The van der Waals surface area contributed by atoms with Gasteiger partial charge in [0.25, 0.3) is 0 Å². The van der Waals surface area contributed by atoms with Crippen LogP contribution in [0.5, 0.6) is 5.75 Å². The van der Waals surface area contributed by atoms with Crippen LogP contribution in [0.3, 0.4) is 0 Å². The predicted molar refractivity (Wildman–Crippen MR) is 124 cm³/mol. The highest BCUT2D eigenvalue weighted by Crippen LogP contribution is 2.35. The van der Waals surface area contributed by atoms with E-state index < -0.39 is 0 Å². The van der Waals surface area contributed by atoms with Crippen molar-refractivity contribution in [2.45, 2.75) is 57.4 Å². The fourth-order valence-corrected chi connectivity index (χ4v) is 5.32. The molecule has 1 saturated carbocycles. The summed E-state index contributed by atoms with van der Waals surface area (Å²) in [5, 5.41) is 0. The van der Waals surface area contributed by atoms with Gasteiger partial charge in [-0.25, -0.2) is 4.98 Å². The zero-order valence-electron chi connectivity index (χ0n) is 18.3. The average Bonchev–Trinajstić information content (AvgIpc) is 3.39. The molecule has 1 amide bonds. The molecule has 0 spiro atoms. The standard InChI is InChI=1S/C26H31N3O2/c1-31-22-13-11-21(12-14-22)29-18-20(17-25(29)30)26-27-23-9-5-6-10-24(23)28(26)16-15-19-7-3-2-4-8-19/h5-6,9-14,19-20H,2-4,7-8,15-18H2,1H3/t20-/m0/s1. The van der Waals surface area contributed by atoms with Crippen molar-refractivity contribution in [2.75, 3.05) is 18.6 Å². The van der Waals surface area contributed by atoms with Crippen LogP contribution in [0.25, 0.3) is 11.0 Å². The lowest BCUT2D eigenvalue weighted by atomic mass is 9.87. The first-order valence-electron chi connectivity index (χ1n) is 11.6. The maximum absolute atomic E-state index is 12.9. The van der Waals surface area contributed by atoms with Crippen LogP contribution in [0.15, 0.2) is 48.5 Å². The van der Waals surface area contributed by atoms with E-state index in [1.807, 2.05) is 35.2 Å². The zero-order chi connectivity index (χ0) is 21.2. The molecule has 3 aromatic rings. The van der Waals surface area contributed by atoms with E-state index in [1.54, 1.807) is 7.11 Å².